The van der Waals surface area contributed by atoms with E-state index in [9.17, 15) is 14.7 Å². The third-order valence-corrected chi connectivity index (χ3v) is 8.33. The Morgan fingerprint density at radius 3 is 2.58 bits per heavy atom. The van der Waals surface area contributed by atoms with Crippen LogP contribution in [0.3, 0.4) is 0 Å². The Bertz CT molecular complexity index is 1310. The van der Waals surface area contributed by atoms with E-state index in [2.05, 4.69) is 4.90 Å². The minimum atomic E-state index is -0.932. The number of ether oxygens (including phenoxy) is 1. The largest absolute Gasteiger partial charge is 0.427 e. The summed E-state index contributed by atoms with van der Waals surface area (Å²) in [5.74, 6) is 0.108. The summed E-state index contributed by atoms with van der Waals surface area (Å²) < 4.78 is 5.39. The number of fused-ring (bicyclic) bond motifs is 2. The Morgan fingerprint density at radius 2 is 1.81 bits per heavy atom. The van der Waals surface area contributed by atoms with E-state index in [0.29, 0.717) is 30.7 Å². The van der Waals surface area contributed by atoms with E-state index in [4.69, 9.17) is 4.74 Å². The second-order valence-corrected chi connectivity index (χ2v) is 10.6. The van der Waals surface area contributed by atoms with Gasteiger partial charge in [-0.1, -0.05) is 42.5 Å². The molecule has 1 aliphatic carbocycles. The fraction of sp³-hybridized carbons (Fsp3) is 0.400. The van der Waals surface area contributed by atoms with Gasteiger partial charge >= 0.3 is 5.97 Å². The van der Waals surface area contributed by atoms with Gasteiger partial charge in [-0.2, -0.15) is 0 Å². The lowest BCUT2D eigenvalue weighted by Crippen LogP contribution is -2.66. The number of carbonyl (C=O) groups is 2. The number of β-amino-alcohol motifs (C(OH)–C–C–N with tert-alkyl or cyclic N) is 1. The first-order chi connectivity index (χ1) is 17.2. The number of esters is 1. The van der Waals surface area contributed by atoms with Crippen LogP contribution in [0.25, 0.3) is 10.8 Å². The molecule has 0 radical (unpaired) electrons. The van der Waals surface area contributed by atoms with Gasteiger partial charge in [0, 0.05) is 37.5 Å². The van der Waals surface area contributed by atoms with Gasteiger partial charge in [0.2, 0.25) is 0 Å². The normalized spacial score (nSPS) is 26.3. The number of amides is 1. The van der Waals surface area contributed by atoms with Crippen LogP contribution in [0.4, 0.5) is 0 Å². The molecule has 36 heavy (non-hydrogen) atoms. The third kappa shape index (κ3) is 4.29. The van der Waals surface area contributed by atoms with E-state index in [1.165, 1.54) is 6.92 Å². The summed E-state index contributed by atoms with van der Waals surface area (Å²) in [5.41, 5.74) is 0.161. The maximum atomic E-state index is 13.6. The van der Waals surface area contributed by atoms with Crippen molar-refractivity contribution in [3.8, 4) is 5.75 Å². The van der Waals surface area contributed by atoms with Crippen LogP contribution >= 0.6 is 0 Å². The zero-order chi connectivity index (χ0) is 25.5. The number of carbonyl (C=O) groups excluding carboxylic acids is 2. The Hall–Kier alpha value is -3.22. The van der Waals surface area contributed by atoms with Crippen molar-refractivity contribution in [1.29, 1.82) is 0 Å². The molecule has 1 N–H and O–H groups in total. The summed E-state index contributed by atoms with van der Waals surface area (Å²) >= 11 is 0. The lowest BCUT2D eigenvalue weighted by Gasteiger charge is -2.58. The monoisotopic (exact) mass is 486 g/mol. The van der Waals surface area contributed by atoms with E-state index >= 15 is 0 Å². The minimum Gasteiger partial charge on any atom is -0.427 e. The van der Waals surface area contributed by atoms with E-state index in [1.807, 2.05) is 79.7 Å². The molecule has 0 bridgehead atoms. The quantitative estimate of drug-likeness (QED) is 0.437. The first-order valence-electron chi connectivity index (χ1n) is 12.7. The number of piperidine rings is 1. The van der Waals surface area contributed by atoms with E-state index in [1.54, 1.807) is 6.07 Å². The van der Waals surface area contributed by atoms with E-state index < -0.39 is 11.0 Å². The Labute approximate surface area is 212 Å². The summed E-state index contributed by atoms with van der Waals surface area (Å²) in [6.07, 6.45) is 2.73. The average molecular weight is 487 g/mol. The molecule has 188 valence electrons. The fourth-order valence-corrected chi connectivity index (χ4v) is 6.39. The van der Waals surface area contributed by atoms with Gasteiger partial charge in [0.25, 0.3) is 5.91 Å². The molecule has 2 fully saturated rings. The average Bonchev–Trinajstić information content (AvgIpc) is 2.86. The van der Waals surface area contributed by atoms with Crippen molar-refractivity contribution in [3.63, 3.8) is 0 Å². The van der Waals surface area contributed by atoms with Crippen molar-refractivity contribution < 1.29 is 19.4 Å². The van der Waals surface area contributed by atoms with Gasteiger partial charge in [0.05, 0.1) is 5.60 Å². The van der Waals surface area contributed by atoms with Crippen molar-refractivity contribution in [1.82, 2.24) is 9.80 Å². The summed E-state index contributed by atoms with van der Waals surface area (Å²) in [6.45, 7) is 2.80. The number of rotatable bonds is 4. The van der Waals surface area contributed by atoms with Crippen molar-refractivity contribution in [2.75, 3.05) is 27.2 Å². The van der Waals surface area contributed by atoms with Crippen molar-refractivity contribution in [2.45, 2.75) is 49.7 Å². The minimum absolute atomic E-state index is 0.00654. The molecule has 1 saturated heterocycles. The predicted molar refractivity (Wildman–Crippen MR) is 140 cm³/mol. The zero-order valence-corrected chi connectivity index (χ0v) is 21.2. The highest BCUT2D eigenvalue weighted by molar-refractivity contribution is 5.98. The molecule has 1 amide bonds. The topological polar surface area (TPSA) is 70.1 Å². The molecule has 0 aromatic heterocycles. The Morgan fingerprint density at radius 1 is 1.03 bits per heavy atom. The smallest absolute Gasteiger partial charge is 0.308 e. The third-order valence-electron chi connectivity index (χ3n) is 8.33. The zero-order valence-electron chi connectivity index (χ0n) is 21.2. The summed E-state index contributed by atoms with van der Waals surface area (Å²) in [7, 11) is 3.92. The highest BCUT2D eigenvalue weighted by Crippen LogP contribution is 2.52. The second-order valence-electron chi connectivity index (χ2n) is 10.6. The van der Waals surface area contributed by atoms with Crippen molar-refractivity contribution in [3.05, 3.63) is 77.9 Å². The summed E-state index contributed by atoms with van der Waals surface area (Å²) in [6, 6.07) is 21.4. The number of hydrogen-bond donors (Lipinski definition) is 1. The fourth-order valence-electron chi connectivity index (χ4n) is 6.39. The number of aliphatic hydroxyl groups is 1. The molecule has 1 aliphatic heterocycles. The Balaban J connectivity index is 1.48. The molecule has 2 aliphatic rings. The molecule has 6 heteroatoms. The van der Waals surface area contributed by atoms with Crippen LogP contribution in [0.5, 0.6) is 5.75 Å². The molecule has 1 heterocycles. The highest BCUT2D eigenvalue weighted by Gasteiger charge is 2.57. The summed E-state index contributed by atoms with van der Waals surface area (Å²) in [5, 5.41) is 14.2. The van der Waals surface area contributed by atoms with Crippen LogP contribution in [-0.2, 0) is 10.2 Å². The van der Waals surface area contributed by atoms with E-state index in [-0.39, 0.29) is 17.9 Å². The molecule has 3 atom stereocenters. The number of nitrogens with zero attached hydrogens (tertiary/aromatic N) is 2. The molecule has 5 rings (SSSR count). The summed E-state index contributed by atoms with van der Waals surface area (Å²) in [4.78, 5) is 29.2. The molecule has 0 spiro atoms. The number of hydrogen-bond acceptors (Lipinski definition) is 5. The van der Waals surface area contributed by atoms with Gasteiger partial charge in [-0.05, 0) is 79.9 Å². The van der Waals surface area contributed by atoms with E-state index in [0.717, 1.165) is 35.7 Å². The molecule has 0 unspecified atom stereocenters. The van der Waals surface area contributed by atoms with Crippen LogP contribution < -0.4 is 4.74 Å². The molecule has 6 nitrogen and oxygen atoms in total. The van der Waals surface area contributed by atoms with Gasteiger partial charge in [-0.15, -0.1) is 0 Å². The number of likely N-dealkylation sites (N-methyl/N-ethyl adjacent to an activating group) is 1. The first-order valence-corrected chi connectivity index (χ1v) is 12.7. The van der Waals surface area contributed by atoms with Gasteiger partial charge in [0.1, 0.15) is 5.75 Å². The van der Waals surface area contributed by atoms with Gasteiger partial charge < -0.3 is 19.6 Å². The van der Waals surface area contributed by atoms with Crippen LogP contribution in [-0.4, -0.2) is 65.6 Å². The predicted octanol–water partition coefficient (Wildman–Crippen LogP) is 4.39. The first kappa shape index (κ1) is 24.5. The van der Waals surface area contributed by atoms with Crippen LogP contribution in [0.1, 0.15) is 48.5 Å². The molecular weight excluding hydrogens is 452 g/mol. The van der Waals surface area contributed by atoms with Crippen LogP contribution in [0.15, 0.2) is 66.7 Å². The van der Waals surface area contributed by atoms with Gasteiger partial charge in [0.15, 0.2) is 0 Å². The van der Waals surface area contributed by atoms with Crippen molar-refractivity contribution >= 4 is 22.6 Å². The SMILES string of the molecule is CC(=O)Oc1cccc([C@@]23CCN(C)C[C@@]2(O)CC[C@@H](N(C)C(=O)c2ccc4ccccc4c2)C3)c1. The van der Waals surface area contributed by atoms with Crippen LogP contribution in [0.2, 0.25) is 0 Å². The lowest BCUT2D eigenvalue weighted by molar-refractivity contribution is -0.132. The van der Waals surface area contributed by atoms with Gasteiger partial charge in [-0.3, -0.25) is 9.59 Å². The maximum Gasteiger partial charge on any atom is 0.308 e. The molecule has 3 aromatic carbocycles. The number of likely N-dealkylation sites (tertiary alicyclic amines) is 1. The van der Waals surface area contributed by atoms with Crippen molar-refractivity contribution in [2.24, 2.45) is 0 Å². The Kier molecular flexibility index (Phi) is 6.35. The molecular formula is C30H34N2O4. The standard InChI is InChI=1S/C30H34N2O4/c1-21(33)36-27-10-6-9-25(18-27)29-15-16-31(2)20-30(29,35)14-13-26(19-29)32(3)28(34)24-12-11-22-7-4-5-8-23(22)17-24/h4-12,17-18,26,35H,13-16,19-20H2,1-3H3/t26-,29+,30+/m1/s1. The lowest BCUT2D eigenvalue weighted by atomic mass is 9.55. The highest BCUT2D eigenvalue weighted by atomic mass is 16.5. The van der Waals surface area contributed by atoms with Crippen LogP contribution in [0, 0.1) is 0 Å². The molecule has 1 saturated carbocycles. The molecule has 3 aromatic rings. The number of benzene rings is 3. The van der Waals surface area contributed by atoms with Gasteiger partial charge in [-0.25, -0.2) is 0 Å². The second kappa shape index (κ2) is 9.34. The maximum absolute atomic E-state index is 13.6.